The maximum Gasteiger partial charge on any atom is 0.310 e. The second-order valence-electron chi connectivity index (χ2n) is 5.13. The van der Waals surface area contributed by atoms with Crippen LogP contribution in [0.2, 0.25) is 0 Å². The molecule has 0 radical (unpaired) electrons. The predicted molar refractivity (Wildman–Crippen MR) is 56.6 cm³/mol. The first kappa shape index (κ1) is 11.2. The van der Waals surface area contributed by atoms with E-state index in [4.69, 9.17) is 4.74 Å². The summed E-state index contributed by atoms with van der Waals surface area (Å²) in [5.41, 5.74) is 0.584. The van der Waals surface area contributed by atoms with Gasteiger partial charge >= 0.3 is 11.9 Å². The molecule has 1 aliphatic carbocycles. The smallest absolute Gasteiger partial charge is 0.310 e. The predicted octanol–water partition coefficient (Wildman–Crippen LogP) is 1.46. The summed E-state index contributed by atoms with van der Waals surface area (Å²) in [4.78, 5) is 23.0. The van der Waals surface area contributed by atoms with Gasteiger partial charge < -0.3 is 9.84 Å². The average Bonchev–Trinajstić information content (AvgIpc) is 2.45. The molecule has 0 spiro atoms. The Morgan fingerprint density at radius 1 is 1.62 bits per heavy atom. The fourth-order valence-corrected chi connectivity index (χ4v) is 2.94. The Balaban J connectivity index is 2.51. The van der Waals surface area contributed by atoms with Crippen molar-refractivity contribution in [3.63, 3.8) is 0 Å². The molecule has 1 fully saturated rings. The number of hydrogen-bond acceptors (Lipinski definition) is 3. The van der Waals surface area contributed by atoms with Crippen LogP contribution in [0.15, 0.2) is 11.6 Å². The van der Waals surface area contributed by atoms with E-state index >= 15 is 0 Å². The number of fused-ring (bicyclic) bond motifs is 1. The van der Waals surface area contributed by atoms with Crippen LogP contribution in [0.5, 0.6) is 0 Å². The third kappa shape index (κ3) is 1.36. The number of rotatable bonds is 1. The van der Waals surface area contributed by atoms with Gasteiger partial charge in [0.2, 0.25) is 0 Å². The molecule has 0 bridgehead atoms. The normalized spacial score (nSPS) is 42.3. The van der Waals surface area contributed by atoms with E-state index < -0.39 is 23.2 Å². The van der Waals surface area contributed by atoms with Gasteiger partial charge in [0.15, 0.2) is 0 Å². The number of ether oxygens (including phenoxy) is 1. The number of carbonyl (C=O) groups excluding carboxylic acids is 1. The Hall–Kier alpha value is -1.32. The highest BCUT2D eigenvalue weighted by Gasteiger charge is 2.56. The van der Waals surface area contributed by atoms with Crippen molar-refractivity contribution < 1.29 is 19.4 Å². The molecule has 0 amide bonds. The minimum Gasteiger partial charge on any atom is -0.481 e. The molecule has 88 valence electrons. The lowest BCUT2D eigenvalue weighted by molar-refractivity contribution is -0.154. The van der Waals surface area contributed by atoms with Crippen molar-refractivity contribution in [3.8, 4) is 0 Å². The monoisotopic (exact) mass is 224 g/mol. The van der Waals surface area contributed by atoms with Gasteiger partial charge in [-0.05, 0) is 12.8 Å². The third-order valence-electron chi connectivity index (χ3n) is 3.95. The van der Waals surface area contributed by atoms with Crippen LogP contribution in [0, 0.1) is 23.2 Å². The first-order valence-corrected chi connectivity index (χ1v) is 5.45. The number of esters is 1. The first-order chi connectivity index (χ1) is 7.37. The first-order valence-electron chi connectivity index (χ1n) is 5.45. The zero-order valence-corrected chi connectivity index (χ0v) is 9.69. The van der Waals surface area contributed by atoms with Gasteiger partial charge in [0.05, 0.1) is 11.8 Å². The Morgan fingerprint density at radius 2 is 2.25 bits per heavy atom. The van der Waals surface area contributed by atoms with Crippen molar-refractivity contribution in [2.45, 2.75) is 20.8 Å². The molecule has 16 heavy (non-hydrogen) atoms. The van der Waals surface area contributed by atoms with Crippen LogP contribution in [-0.2, 0) is 14.3 Å². The molecule has 4 atom stereocenters. The lowest BCUT2D eigenvalue weighted by atomic mass is 9.62. The van der Waals surface area contributed by atoms with Crippen molar-refractivity contribution in [1.29, 1.82) is 0 Å². The molecule has 1 N–H and O–H groups in total. The number of aliphatic carboxylic acids is 1. The molecule has 1 saturated heterocycles. The van der Waals surface area contributed by atoms with E-state index in [-0.39, 0.29) is 11.9 Å². The Bertz CT molecular complexity index is 384. The molecule has 4 heteroatoms. The highest BCUT2D eigenvalue weighted by molar-refractivity contribution is 5.84. The molecule has 0 aromatic rings. The van der Waals surface area contributed by atoms with E-state index in [0.29, 0.717) is 6.61 Å². The lowest BCUT2D eigenvalue weighted by Gasteiger charge is -2.37. The number of carboxylic acids is 1. The fourth-order valence-electron chi connectivity index (χ4n) is 2.94. The molecule has 0 saturated carbocycles. The largest absolute Gasteiger partial charge is 0.481 e. The molecular formula is C12H16O4. The second kappa shape index (κ2) is 3.34. The van der Waals surface area contributed by atoms with Crippen molar-refractivity contribution in [2.75, 3.05) is 6.61 Å². The maximum atomic E-state index is 11.7. The summed E-state index contributed by atoms with van der Waals surface area (Å²) in [6.45, 7) is 5.97. The maximum absolute atomic E-state index is 11.7. The molecule has 2 aliphatic rings. The van der Waals surface area contributed by atoms with Crippen LogP contribution in [-0.4, -0.2) is 23.7 Å². The summed E-state index contributed by atoms with van der Waals surface area (Å²) in [6, 6.07) is 0. The van der Waals surface area contributed by atoms with Crippen LogP contribution < -0.4 is 0 Å². The Kier molecular flexibility index (Phi) is 2.33. The summed E-state index contributed by atoms with van der Waals surface area (Å²) >= 11 is 0. The Labute approximate surface area is 94.3 Å². The van der Waals surface area contributed by atoms with Crippen LogP contribution in [0.25, 0.3) is 0 Å². The van der Waals surface area contributed by atoms with Gasteiger partial charge in [0.25, 0.3) is 0 Å². The number of hydrogen-bond donors (Lipinski definition) is 1. The van der Waals surface area contributed by atoms with E-state index in [0.717, 1.165) is 5.57 Å². The molecule has 0 unspecified atom stereocenters. The number of allylic oxidation sites excluding steroid dienone is 1. The number of carboxylic acid groups (broad SMARTS) is 1. The van der Waals surface area contributed by atoms with Crippen LogP contribution in [0.4, 0.5) is 0 Å². The number of cyclic esters (lactones) is 1. The highest BCUT2D eigenvalue weighted by Crippen LogP contribution is 2.49. The third-order valence-corrected chi connectivity index (χ3v) is 3.95. The zero-order chi connectivity index (χ0) is 12.1. The topological polar surface area (TPSA) is 63.6 Å². The SMILES string of the molecule is CC1=C[C@@]2(C)COC(=O)[C@H]2[C@H](C(=O)O)[C@H]1C. The summed E-state index contributed by atoms with van der Waals surface area (Å²) in [5, 5.41) is 9.27. The second-order valence-corrected chi connectivity index (χ2v) is 5.13. The molecule has 4 nitrogen and oxygen atoms in total. The minimum absolute atomic E-state index is 0.110. The molecule has 0 aromatic heterocycles. The number of carbonyl (C=O) groups is 2. The van der Waals surface area contributed by atoms with Crippen molar-refractivity contribution in [3.05, 3.63) is 11.6 Å². The van der Waals surface area contributed by atoms with Crippen LogP contribution in [0.1, 0.15) is 20.8 Å². The van der Waals surface area contributed by atoms with E-state index in [1.165, 1.54) is 0 Å². The van der Waals surface area contributed by atoms with Crippen molar-refractivity contribution in [1.82, 2.24) is 0 Å². The molecular weight excluding hydrogens is 208 g/mol. The van der Waals surface area contributed by atoms with Gasteiger partial charge in [-0.15, -0.1) is 0 Å². The summed E-state index contributed by atoms with van der Waals surface area (Å²) in [6.07, 6.45) is 2.01. The summed E-state index contributed by atoms with van der Waals surface area (Å²) in [5.74, 6) is -2.59. The quantitative estimate of drug-likeness (QED) is 0.541. The standard InChI is InChI=1S/C12H16O4/c1-6-4-12(3)5-16-11(15)9(12)8(7(6)2)10(13)14/h4,7-9H,5H2,1-3H3,(H,13,14)/t7-,8+,9+,12-/m0/s1. The van der Waals surface area contributed by atoms with Crippen molar-refractivity contribution >= 4 is 11.9 Å². The van der Waals surface area contributed by atoms with Crippen LogP contribution >= 0.6 is 0 Å². The van der Waals surface area contributed by atoms with Gasteiger partial charge in [-0.1, -0.05) is 25.5 Å². The van der Waals surface area contributed by atoms with Crippen LogP contribution in [0.3, 0.4) is 0 Å². The van der Waals surface area contributed by atoms with E-state index in [2.05, 4.69) is 0 Å². The highest BCUT2D eigenvalue weighted by atomic mass is 16.5. The molecule has 0 aromatic carbocycles. The van der Waals surface area contributed by atoms with Crippen molar-refractivity contribution in [2.24, 2.45) is 23.2 Å². The van der Waals surface area contributed by atoms with Gasteiger partial charge in [0.1, 0.15) is 6.61 Å². The van der Waals surface area contributed by atoms with Gasteiger partial charge in [-0.2, -0.15) is 0 Å². The van der Waals surface area contributed by atoms with E-state index in [9.17, 15) is 14.7 Å². The van der Waals surface area contributed by atoms with Gasteiger partial charge in [-0.3, -0.25) is 9.59 Å². The lowest BCUT2D eigenvalue weighted by Crippen LogP contribution is -2.43. The molecule has 1 heterocycles. The average molecular weight is 224 g/mol. The van der Waals surface area contributed by atoms with Gasteiger partial charge in [0, 0.05) is 5.41 Å². The Morgan fingerprint density at radius 3 is 2.81 bits per heavy atom. The summed E-state index contributed by atoms with van der Waals surface area (Å²) < 4.78 is 5.03. The zero-order valence-electron chi connectivity index (χ0n) is 9.69. The summed E-state index contributed by atoms with van der Waals surface area (Å²) in [7, 11) is 0. The molecule has 1 aliphatic heterocycles. The van der Waals surface area contributed by atoms with E-state index in [1.807, 2.05) is 26.8 Å². The fraction of sp³-hybridized carbons (Fsp3) is 0.667. The van der Waals surface area contributed by atoms with E-state index in [1.54, 1.807) is 0 Å². The van der Waals surface area contributed by atoms with Gasteiger partial charge in [-0.25, -0.2) is 0 Å². The minimum atomic E-state index is -0.907. The molecule has 2 rings (SSSR count).